The Bertz CT molecular complexity index is 1400. The molecule has 0 saturated carbocycles. The van der Waals surface area contributed by atoms with Gasteiger partial charge in [0, 0.05) is 18.4 Å². The van der Waals surface area contributed by atoms with E-state index in [2.05, 4.69) is 15.4 Å². The molecule has 1 fully saturated rings. The number of benzene rings is 2. The molecule has 43 heavy (non-hydrogen) atoms. The van der Waals surface area contributed by atoms with Crippen molar-refractivity contribution in [3.63, 3.8) is 0 Å². The first-order chi connectivity index (χ1) is 20.8. The summed E-state index contributed by atoms with van der Waals surface area (Å²) in [5, 5.41) is 17.0. The molecule has 0 bridgehead atoms. The number of hydrogen-bond acceptors (Lipinski definition) is 12. The first-order valence-electron chi connectivity index (χ1n) is 14.4. The van der Waals surface area contributed by atoms with Crippen LogP contribution in [0.3, 0.4) is 0 Å². The number of rotatable bonds is 15. The summed E-state index contributed by atoms with van der Waals surface area (Å²) in [4.78, 5) is 13.3. The summed E-state index contributed by atoms with van der Waals surface area (Å²) in [7, 11) is -0.905. The number of ether oxygens (including phenoxy) is 5. The number of hydrogen-bond donors (Lipinski definition) is 5. The third-order valence-electron chi connectivity index (χ3n) is 8.17. The van der Waals surface area contributed by atoms with Crippen LogP contribution in [0.15, 0.2) is 24.3 Å². The Balaban J connectivity index is 1.42. The molecule has 236 valence electrons. The van der Waals surface area contributed by atoms with E-state index in [0.29, 0.717) is 41.3 Å². The third kappa shape index (κ3) is 6.63. The molecule has 0 radical (unpaired) electrons. The van der Waals surface area contributed by atoms with Gasteiger partial charge in [-0.3, -0.25) is 4.79 Å². The molecule has 0 spiro atoms. The summed E-state index contributed by atoms with van der Waals surface area (Å²) in [5.41, 5.74) is 7.49. The Kier molecular flexibility index (Phi) is 9.82. The number of nitrogens with one attached hydrogen (secondary N) is 3. The van der Waals surface area contributed by atoms with Gasteiger partial charge in [-0.05, 0) is 80.0 Å². The summed E-state index contributed by atoms with van der Waals surface area (Å²) < 4.78 is 57.2. The van der Waals surface area contributed by atoms with Gasteiger partial charge in [0.2, 0.25) is 22.6 Å². The van der Waals surface area contributed by atoms with E-state index in [1.54, 1.807) is 24.3 Å². The predicted octanol–water partition coefficient (Wildman–Crippen LogP) is 0.951. The number of phenolic OH excluding ortho intramolecular Hbond substituents is 1. The van der Waals surface area contributed by atoms with Gasteiger partial charge in [0.1, 0.15) is 0 Å². The summed E-state index contributed by atoms with van der Waals surface area (Å²) in [5.74, 6) is -1.16. The average Bonchev–Trinajstić information content (AvgIpc) is 3.62. The number of methoxy groups -OCH3 is 2. The van der Waals surface area contributed by atoms with E-state index in [-0.39, 0.29) is 42.9 Å². The third-order valence-corrected chi connectivity index (χ3v) is 9.52. The predicted molar refractivity (Wildman–Crippen MR) is 157 cm³/mol. The number of phenols is 1. The van der Waals surface area contributed by atoms with E-state index >= 15 is 0 Å². The molecule has 5 rings (SSSR count). The second kappa shape index (κ2) is 13.6. The zero-order valence-corrected chi connectivity index (χ0v) is 25.2. The van der Waals surface area contributed by atoms with Gasteiger partial charge in [0.15, 0.2) is 23.0 Å². The lowest BCUT2D eigenvalue weighted by molar-refractivity contribution is -0.141. The Hall–Kier alpha value is -3.30. The minimum Gasteiger partial charge on any atom is -0.502 e. The molecule has 0 amide bonds. The lowest BCUT2D eigenvalue weighted by Crippen LogP contribution is -2.44. The molecule has 13 nitrogen and oxygen atoms in total. The zero-order chi connectivity index (χ0) is 30.6. The zero-order valence-electron chi connectivity index (χ0n) is 24.4. The van der Waals surface area contributed by atoms with Crippen LogP contribution in [0.1, 0.15) is 41.5 Å². The van der Waals surface area contributed by atoms with Crippen LogP contribution >= 0.6 is 0 Å². The van der Waals surface area contributed by atoms with Crippen LogP contribution in [-0.4, -0.2) is 85.6 Å². The largest absolute Gasteiger partial charge is 0.502 e. The van der Waals surface area contributed by atoms with Crippen LogP contribution in [0, 0.1) is 11.8 Å². The second-order valence-electron chi connectivity index (χ2n) is 10.8. The molecule has 2 heterocycles. The van der Waals surface area contributed by atoms with Crippen molar-refractivity contribution in [1.29, 1.82) is 0 Å². The average molecular weight is 621 g/mol. The molecule has 4 atom stereocenters. The molecule has 1 unspecified atom stereocenters. The molecule has 3 aliphatic rings. The van der Waals surface area contributed by atoms with E-state index in [1.165, 1.54) is 14.2 Å². The molecule has 2 aromatic rings. The first kappa shape index (κ1) is 31.1. The fraction of sp³-hybridized carbons (Fsp3) is 0.552. The maximum Gasteiger partial charge on any atom is 0.310 e. The number of cyclic esters (lactones) is 1. The van der Waals surface area contributed by atoms with Crippen molar-refractivity contribution in [2.75, 3.05) is 66.1 Å². The number of fused-ring (bicyclic) bond motifs is 3. The Morgan fingerprint density at radius 3 is 2.21 bits per heavy atom. The standard InChI is InChI=1S/C29H40N4O9S/c1-38-23-11-17(12-24(39-2)28(23)34)25-18-13-21-22(42-16-41-21)14-19(18)27(20-15-40-29(35)26(20)25)33-43(36,37)10-9-32-8-4-7-31-6-3-5-30/h11-14,20,25-27,31-34H,3-10,15-16,30H2,1-2H3/t20-,25?,26-,27+/m0/s1. The fourth-order valence-electron chi connectivity index (χ4n) is 6.08. The normalized spacial score (nSPS) is 22.2. The van der Waals surface area contributed by atoms with Crippen LogP contribution in [0.4, 0.5) is 0 Å². The molecule has 6 N–H and O–H groups in total. The van der Waals surface area contributed by atoms with Gasteiger partial charge in [0.25, 0.3) is 0 Å². The van der Waals surface area contributed by atoms with Crippen molar-refractivity contribution >= 4 is 16.0 Å². The quantitative estimate of drug-likeness (QED) is 0.141. The lowest BCUT2D eigenvalue weighted by atomic mass is 9.65. The van der Waals surface area contributed by atoms with Gasteiger partial charge in [-0.25, -0.2) is 13.1 Å². The molecule has 2 aliphatic heterocycles. The minimum atomic E-state index is -3.76. The van der Waals surface area contributed by atoms with E-state index in [1.807, 2.05) is 0 Å². The molecule has 2 aromatic carbocycles. The molecule has 1 saturated heterocycles. The van der Waals surface area contributed by atoms with Crippen LogP contribution < -0.4 is 40.0 Å². The highest BCUT2D eigenvalue weighted by Gasteiger charge is 2.53. The highest BCUT2D eigenvalue weighted by atomic mass is 32.2. The topological polar surface area (TPSA) is 180 Å². The smallest absolute Gasteiger partial charge is 0.310 e. The van der Waals surface area contributed by atoms with Crippen molar-refractivity contribution in [1.82, 2.24) is 15.4 Å². The maximum absolute atomic E-state index is 13.4. The van der Waals surface area contributed by atoms with Crippen LogP contribution in [-0.2, 0) is 19.6 Å². The summed E-state index contributed by atoms with van der Waals surface area (Å²) in [6.07, 6.45) is 1.78. The minimum absolute atomic E-state index is 0.0310. The Labute approximate surface area is 251 Å². The van der Waals surface area contributed by atoms with E-state index in [0.717, 1.165) is 25.9 Å². The summed E-state index contributed by atoms with van der Waals surface area (Å²) in [6.45, 7) is 3.36. The van der Waals surface area contributed by atoms with Crippen molar-refractivity contribution in [3.05, 3.63) is 41.0 Å². The number of esters is 1. The number of sulfonamides is 1. The van der Waals surface area contributed by atoms with Crippen molar-refractivity contribution in [2.24, 2.45) is 17.6 Å². The monoisotopic (exact) mass is 620 g/mol. The molecule has 0 aromatic heterocycles. The second-order valence-corrected chi connectivity index (χ2v) is 12.7. The SMILES string of the molecule is COc1cc(C2c3cc4c(cc3[C@@H](NS(=O)(=O)CCNCCCNCCCN)[C@H]3COC(=O)[C@H]23)OCO4)cc(OC)c1O. The van der Waals surface area contributed by atoms with Crippen molar-refractivity contribution in [2.45, 2.75) is 24.8 Å². The van der Waals surface area contributed by atoms with Gasteiger partial charge in [-0.15, -0.1) is 0 Å². The number of aromatic hydroxyl groups is 1. The van der Waals surface area contributed by atoms with Crippen LogP contribution in [0.2, 0.25) is 0 Å². The highest BCUT2D eigenvalue weighted by Crippen LogP contribution is 2.55. The summed E-state index contributed by atoms with van der Waals surface area (Å²) in [6, 6.07) is 6.14. The van der Waals surface area contributed by atoms with Crippen LogP contribution in [0.5, 0.6) is 28.7 Å². The number of nitrogens with two attached hydrogens (primary N) is 1. The number of carbonyl (C=O) groups excluding carboxylic acids is 1. The van der Waals surface area contributed by atoms with Gasteiger partial charge >= 0.3 is 5.97 Å². The molecular formula is C29H40N4O9S. The van der Waals surface area contributed by atoms with E-state index in [4.69, 9.17) is 29.4 Å². The van der Waals surface area contributed by atoms with Gasteiger partial charge in [-0.1, -0.05) is 0 Å². The Morgan fingerprint density at radius 2 is 1.56 bits per heavy atom. The van der Waals surface area contributed by atoms with Crippen molar-refractivity contribution in [3.8, 4) is 28.7 Å². The molecular weight excluding hydrogens is 580 g/mol. The highest BCUT2D eigenvalue weighted by molar-refractivity contribution is 7.89. The number of carbonyl (C=O) groups is 1. The first-order valence-corrected chi connectivity index (χ1v) is 16.1. The fourth-order valence-corrected chi connectivity index (χ4v) is 7.30. The molecule has 14 heteroatoms. The van der Waals surface area contributed by atoms with E-state index < -0.39 is 39.8 Å². The maximum atomic E-state index is 13.4. The van der Waals surface area contributed by atoms with Gasteiger partial charge < -0.3 is 45.2 Å². The van der Waals surface area contributed by atoms with Gasteiger partial charge in [-0.2, -0.15) is 0 Å². The Morgan fingerprint density at radius 1 is 0.930 bits per heavy atom. The summed E-state index contributed by atoms with van der Waals surface area (Å²) >= 11 is 0. The lowest BCUT2D eigenvalue weighted by Gasteiger charge is -2.39. The van der Waals surface area contributed by atoms with Crippen molar-refractivity contribution < 1.29 is 42.0 Å². The molecule has 1 aliphatic carbocycles. The van der Waals surface area contributed by atoms with E-state index in [9.17, 15) is 18.3 Å². The van der Waals surface area contributed by atoms with Gasteiger partial charge in [0.05, 0.1) is 38.5 Å². The van der Waals surface area contributed by atoms with Crippen LogP contribution in [0.25, 0.3) is 0 Å².